The maximum atomic E-state index is 12.2. The van der Waals surface area contributed by atoms with Crippen LogP contribution in [0.5, 0.6) is 0 Å². The number of aliphatic hydroxyl groups excluding tert-OH is 1. The molecule has 1 N–H and O–H groups in total. The SMILES string of the molecule is CC(=O)O[C@H]1CCC2C3C(CCCCCCCCCO)CC4=CC(=O)CCC4C3CC[C@@]21C. The molecule has 3 fully saturated rings. The smallest absolute Gasteiger partial charge is 0.302 e. The normalized spacial score (nSPS) is 37.7. The number of rotatable bonds is 10. The molecule has 0 bridgehead atoms. The zero-order chi connectivity index (χ0) is 23.4. The predicted molar refractivity (Wildman–Crippen MR) is 131 cm³/mol. The molecule has 4 aliphatic rings. The van der Waals surface area contributed by atoms with Crippen LogP contribution in [0.15, 0.2) is 11.6 Å². The molecular weight excluding hydrogens is 412 g/mol. The number of carbonyl (C=O) groups is 2. The van der Waals surface area contributed by atoms with Crippen molar-refractivity contribution in [2.45, 2.75) is 116 Å². The van der Waals surface area contributed by atoms with Gasteiger partial charge in [0.1, 0.15) is 6.10 Å². The van der Waals surface area contributed by atoms with E-state index in [1.807, 2.05) is 6.08 Å². The lowest BCUT2D eigenvalue weighted by molar-refractivity contribution is -0.157. The van der Waals surface area contributed by atoms with Crippen LogP contribution in [-0.4, -0.2) is 29.6 Å². The van der Waals surface area contributed by atoms with Crippen molar-refractivity contribution in [3.8, 4) is 0 Å². The molecular formula is C29H46O4. The van der Waals surface area contributed by atoms with Crippen LogP contribution in [0.4, 0.5) is 0 Å². The Kier molecular flexibility index (Phi) is 8.36. The molecule has 4 rings (SSSR count). The van der Waals surface area contributed by atoms with Gasteiger partial charge in [-0.15, -0.1) is 0 Å². The molecule has 33 heavy (non-hydrogen) atoms. The number of ketones is 1. The summed E-state index contributed by atoms with van der Waals surface area (Å²) in [7, 11) is 0. The first kappa shape index (κ1) is 24.9. The molecule has 0 aromatic heterocycles. The molecule has 0 aromatic rings. The third-order valence-electron chi connectivity index (χ3n) is 9.92. The predicted octanol–water partition coefficient (Wildman–Crippen LogP) is 6.40. The molecule has 7 atom stereocenters. The van der Waals surface area contributed by atoms with E-state index in [1.165, 1.54) is 56.9 Å². The number of carbonyl (C=O) groups excluding carboxylic acids is 2. The van der Waals surface area contributed by atoms with Gasteiger partial charge in [0.2, 0.25) is 0 Å². The van der Waals surface area contributed by atoms with Gasteiger partial charge in [-0.1, -0.05) is 51.0 Å². The highest BCUT2D eigenvalue weighted by atomic mass is 16.5. The third kappa shape index (κ3) is 5.41. The lowest BCUT2D eigenvalue weighted by Gasteiger charge is -2.56. The Hall–Kier alpha value is -1.16. The lowest BCUT2D eigenvalue weighted by atomic mass is 9.49. The van der Waals surface area contributed by atoms with Crippen molar-refractivity contribution in [1.29, 1.82) is 0 Å². The molecule has 4 nitrogen and oxygen atoms in total. The monoisotopic (exact) mass is 458 g/mol. The summed E-state index contributed by atoms with van der Waals surface area (Å²) in [5, 5.41) is 8.94. The van der Waals surface area contributed by atoms with Crippen molar-refractivity contribution in [2.24, 2.45) is 35.0 Å². The number of fused-ring (bicyclic) bond motifs is 5. The molecule has 186 valence electrons. The first-order chi connectivity index (χ1) is 15.9. The van der Waals surface area contributed by atoms with E-state index in [0.717, 1.165) is 56.8 Å². The van der Waals surface area contributed by atoms with Crippen LogP contribution >= 0.6 is 0 Å². The Balaban J connectivity index is 1.44. The molecule has 0 aromatic carbocycles. The van der Waals surface area contributed by atoms with Crippen LogP contribution in [0.2, 0.25) is 0 Å². The standard InChI is InChI=1S/C29H46O4/c1-20(31)33-27-14-13-26-28-21(10-8-6-4-3-5-7-9-17-30)18-22-19-23(32)11-12-24(22)25(28)15-16-29(26,27)2/h19,21,24-28,30H,3-18H2,1-2H3/t21?,24?,25?,26?,27-,28?,29-/m0/s1. The fourth-order valence-electron chi connectivity index (χ4n) is 8.42. The second kappa shape index (κ2) is 11.1. The number of ether oxygens (including phenoxy) is 1. The minimum atomic E-state index is -0.126. The van der Waals surface area contributed by atoms with Gasteiger partial charge >= 0.3 is 5.97 Å². The van der Waals surface area contributed by atoms with Gasteiger partial charge < -0.3 is 9.84 Å². The van der Waals surface area contributed by atoms with E-state index in [2.05, 4.69) is 6.92 Å². The molecule has 4 heteroatoms. The highest BCUT2D eigenvalue weighted by Crippen LogP contribution is 2.64. The Morgan fingerprint density at radius 3 is 2.52 bits per heavy atom. The summed E-state index contributed by atoms with van der Waals surface area (Å²) in [6.45, 7) is 4.29. The molecule has 4 aliphatic carbocycles. The van der Waals surface area contributed by atoms with Gasteiger partial charge in [0, 0.05) is 25.4 Å². The quantitative estimate of drug-likeness (QED) is 0.304. The number of hydrogen-bond donors (Lipinski definition) is 1. The van der Waals surface area contributed by atoms with E-state index in [0.29, 0.717) is 30.1 Å². The lowest BCUT2D eigenvalue weighted by Crippen LogP contribution is -2.51. The zero-order valence-electron chi connectivity index (χ0n) is 21.0. The average molecular weight is 459 g/mol. The number of hydrogen-bond acceptors (Lipinski definition) is 4. The summed E-state index contributed by atoms with van der Waals surface area (Å²) in [5.74, 6) is 3.62. The Morgan fingerprint density at radius 1 is 1.06 bits per heavy atom. The molecule has 3 saturated carbocycles. The van der Waals surface area contributed by atoms with Gasteiger partial charge in [-0.25, -0.2) is 0 Å². The summed E-state index contributed by atoms with van der Waals surface area (Å²) >= 11 is 0. The molecule has 5 unspecified atom stereocenters. The van der Waals surface area contributed by atoms with E-state index in [9.17, 15) is 9.59 Å². The second-order valence-electron chi connectivity index (χ2n) is 11.8. The maximum Gasteiger partial charge on any atom is 0.302 e. The third-order valence-corrected chi connectivity index (χ3v) is 9.92. The Morgan fingerprint density at radius 2 is 1.79 bits per heavy atom. The van der Waals surface area contributed by atoms with Crippen LogP contribution in [0.25, 0.3) is 0 Å². The van der Waals surface area contributed by atoms with E-state index in [-0.39, 0.29) is 17.5 Å². The van der Waals surface area contributed by atoms with Crippen molar-refractivity contribution < 1.29 is 19.4 Å². The fraction of sp³-hybridized carbons (Fsp3) is 0.862. The number of unbranched alkanes of at least 4 members (excludes halogenated alkanes) is 6. The van der Waals surface area contributed by atoms with E-state index < -0.39 is 0 Å². The maximum absolute atomic E-state index is 12.2. The van der Waals surface area contributed by atoms with Crippen LogP contribution in [0, 0.1) is 35.0 Å². The van der Waals surface area contributed by atoms with Crippen molar-refractivity contribution in [1.82, 2.24) is 0 Å². The average Bonchev–Trinajstić information content (AvgIpc) is 3.10. The van der Waals surface area contributed by atoms with Crippen molar-refractivity contribution in [3.05, 3.63) is 11.6 Å². The number of allylic oxidation sites excluding steroid dienone is 1. The highest BCUT2D eigenvalue weighted by Gasteiger charge is 2.59. The molecule has 0 heterocycles. The Labute approximate surface area is 200 Å². The number of aliphatic hydroxyl groups is 1. The van der Waals surface area contributed by atoms with E-state index in [4.69, 9.17) is 9.84 Å². The van der Waals surface area contributed by atoms with Gasteiger partial charge in [-0.05, 0) is 87.0 Å². The minimum absolute atomic E-state index is 0.0883. The summed E-state index contributed by atoms with van der Waals surface area (Å²) in [6, 6.07) is 0. The van der Waals surface area contributed by atoms with Crippen LogP contribution in [-0.2, 0) is 14.3 Å². The summed E-state index contributed by atoms with van der Waals surface area (Å²) < 4.78 is 5.86. The molecule has 0 radical (unpaired) electrons. The zero-order valence-corrected chi connectivity index (χ0v) is 21.0. The first-order valence-corrected chi connectivity index (χ1v) is 14.0. The molecule has 0 spiro atoms. The van der Waals surface area contributed by atoms with Crippen molar-refractivity contribution in [2.75, 3.05) is 6.61 Å². The van der Waals surface area contributed by atoms with Crippen LogP contribution in [0.3, 0.4) is 0 Å². The largest absolute Gasteiger partial charge is 0.462 e. The molecule has 0 amide bonds. The molecule has 0 aliphatic heterocycles. The van der Waals surface area contributed by atoms with Gasteiger partial charge in [-0.3, -0.25) is 9.59 Å². The topological polar surface area (TPSA) is 63.6 Å². The first-order valence-electron chi connectivity index (χ1n) is 14.0. The summed E-state index contributed by atoms with van der Waals surface area (Å²) in [4.78, 5) is 24.0. The highest BCUT2D eigenvalue weighted by molar-refractivity contribution is 5.91. The van der Waals surface area contributed by atoms with Crippen molar-refractivity contribution >= 4 is 11.8 Å². The Bertz CT molecular complexity index is 727. The van der Waals surface area contributed by atoms with Gasteiger partial charge in [0.05, 0.1) is 0 Å². The molecule has 0 saturated heterocycles. The van der Waals surface area contributed by atoms with E-state index >= 15 is 0 Å². The van der Waals surface area contributed by atoms with Gasteiger partial charge in [0.15, 0.2) is 5.78 Å². The number of esters is 1. The summed E-state index contributed by atoms with van der Waals surface area (Å²) in [5.41, 5.74) is 1.60. The van der Waals surface area contributed by atoms with Crippen LogP contribution in [0.1, 0.15) is 110 Å². The summed E-state index contributed by atoms with van der Waals surface area (Å²) in [6.07, 6.45) is 19.4. The van der Waals surface area contributed by atoms with Crippen LogP contribution < -0.4 is 0 Å². The van der Waals surface area contributed by atoms with Gasteiger partial charge in [0.25, 0.3) is 0 Å². The second-order valence-corrected chi connectivity index (χ2v) is 11.8. The van der Waals surface area contributed by atoms with Gasteiger partial charge in [-0.2, -0.15) is 0 Å². The van der Waals surface area contributed by atoms with E-state index in [1.54, 1.807) is 6.92 Å². The minimum Gasteiger partial charge on any atom is -0.462 e. The van der Waals surface area contributed by atoms with Crippen molar-refractivity contribution in [3.63, 3.8) is 0 Å². The fourth-order valence-corrected chi connectivity index (χ4v) is 8.42.